The predicted molar refractivity (Wildman–Crippen MR) is 103 cm³/mol. The zero-order valence-corrected chi connectivity index (χ0v) is 15.3. The molecule has 0 amide bonds. The molecule has 8 nitrogen and oxygen atoms in total. The average molecular weight is 411 g/mol. The molecule has 0 saturated heterocycles. The number of H-pyrrole nitrogens is 1. The molecule has 0 fully saturated rings. The Balaban J connectivity index is 1.70. The highest BCUT2D eigenvalue weighted by atomic mass is 19.4. The first-order chi connectivity index (χ1) is 14.4. The summed E-state index contributed by atoms with van der Waals surface area (Å²) in [6, 6.07) is 14.1. The van der Waals surface area contributed by atoms with Crippen LogP contribution in [0.2, 0.25) is 0 Å². The maximum atomic E-state index is 13.9. The van der Waals surface area contributed by atoms with Gasteiger partial charge in [0.1, 0.15) is 5.84 Å². The number of hydrogen-bond acceptors (Lipinski definition) is 5. The summed E-state index contributed by atoms with van der Waals surface area (Å²) in [6.45, 7) is 0. The molecule has 4 aromatic rings. The number of rotatable bonds is 1. The molecule has 0 spiro atoms. The lowest BCUT2D eigenvalue weighted by molar-refractivity contribution is -0.642. The van der Waals surface area contributed by atoms with E-state index in [2.05, 4.69) is 25.4 Å². The molecule has 0 atom stereocenters. The fourth-order valence-corrected chi connectivity index (χ4v) is 3.33. The molecule has 11 heteroatoms. The average Bonchev–Trinajstić information content (AvgIpc) is 3.33. The number of benzene rings is 2. The van der Waals surface area contributed by atoms with E-state index in [4.69, 9.17) is 5.73 Å². The minimum Gasteiger partial charge on any atom is -0.384 e. The van der Waals surface area contributed by atoms with Crippen LogP contribution in [0, 0.1) is 0 Å². The number of nitrogens with two attached hydrogens (primary N) is 1. The van der Waals surface area contributed by atoms with Crippen LogP contribution in [0.15, 0.2) is 65.1 Å². The summed E-state index contributed by atoms with van der Waals surface area (Å²) < 4.78 is 43.6. The van der Waals surface area contributed by atoms with Crippen LogP contribution in [0.5, 0.6) is 0 Å². The van der Waals surface area contributed by atoms with Gasteiger partial charge in [0.15, 0.2) is 6.33 Å². The summed E-state index contributed by atoms with van der Waals surface area (Å²) in [7, 11) is 0. The number of alkyl halides is 3. The lowest BCUT2D eigenvalue weighted by atomic mass is 10.1. The Morgan fingerprint density at radius 1 is 1.03 bits per heavy atom. The molecule has 0 aliphatic carbocycles. The quantitative estimate of drug-likeness (QED) is 0.470. The minimum atomic E-state index is -4.66. The Labute approximate surface area is 167 Å². The van der Waals surface area contributed by atoms with Crippen molar-refractivity contribution in [1.29, 1.82) is 0 Å². The van der Waals surface area contributed by atoms with Crippen molar-refractivity contribution >= 4 is 22.6 Å². The van der Waals surface area contributed by atoms with Gasteiger partial charge >= 0.3 is 12.1 Å². The second-order valence-corrected chi connectivity index (χ2v) is 6.71. The molecule has 0 radical (unpaired) electrons. The SMILES string of the molecule is NC1=NN=C([n+]2[nH]c(-c3ccc4ccccc4c3)cc2C(F)(F)F)n2ncnc2C1. The van der Waals surface area contributed by atoms with Crippen molar-refractivity contribution in [3.63, 3.8) is 0 Å². The van der Waals surface area contributed by atoms with E-state index in [0.717, 1.165) is 21.5 Å². The van der Waals surface area contributed by atoms with E-state index < -0.39 is 11.9 Å². The van der Waals surface area contributed by atoms with Crippen LogP contribution in [-0.2, 0) is 12.6 Å². The summed E-state index contributed by atoms with van der Waals surface area (Å²) >= 11 is 0. The topological polar surface area (TPSA) is 101 Å². The summed E-state index contributed by atoms with van der Waals surface area (Å²) in [5.74, 6) is 0.243. The van der Waals surface area contributed by atoms with Gasteiger partial charge in [0, 0.05) is 11.6 Å². The van der Waals surface area contributed by atoms with E-state index in [9.17, 15) is 13.2 Å². The number of halogens is 3. The number of aromatic amines is 1. The zero-order chi connectivity index (χ0) is 20.9. The number of amidine groups is 1. The molecule has 1 aliphatic heterocycles. The molecule has 150 valence electrons. The Morgan fingerprint density at radius 3 is 2.63 bits per heavy atom. The second kappa shape index (κ2) is 6.51. The second-order valence-electron chi connectivity index (χ2n) is 6.71. The van der Waals surface area contributed by atoms with Crippen molar-refractivity contribution in [2.45, 2.75) is 12.6 Å². The summed E-state index contributed by atoms with van der Waals surface area (Å²) in [5, 5.41) is 16.3. The number of nitrogens with zero attached hydrogens (tertiary/aromatic N) is 6. The van der Waals surface area contributed by atoms with Crippen molar-refractivity contribution in [2.24, 2.45) is 15.9 Å². The maximum Gasteiger partial charge on any atom is 0.469 e. The molecule has 2 aromatic heterocycles. The molecule has 30 heavy (non-hydrogen) atoms. The van der Waals surface area contributed by atoms with Crippen molar-refractivity contribution < 1.29 is 17.9 Å². The van der Waals surface area contributed by atoms with Gasteiger partial charge in [-0.3, -0.25) is 0 Å². The molecule has 1 aliphatic rings. The molecular weight excluding hydrogens is 397 g/mol. The van der Waals surface area contributed by atoms with Crippen LogP contribution >= 0.6 is 0 Å². The summed E-state index contributed by atoms with van der Waals surface area (Å²) in [5.41, 5.74) is 5.64. The van der Waals surface area contributed by atoms with E-state index in [1.807, 2.05) is 36.4 Å². The van der Waals surface area contributed by atoms with Gasteiger partial charge in [0.05, 0.1) is 17.2 Å². The van der Waals surface area contributed by atoms with Crippen molar-refractivity contribution in [1.82, 2.24) is 19.9 Å². The highest BCUT2D eigenvalue weighted by Crippen LogP contribution is 2.30. The Bertz CT molecular complexity index is 1330. The van der Waals surface area contributed by atoms with Crippen LogP contribution in [0.3, 0.4) is 0 Å². The van der Waals surface area contributed by atoms with Crippen LogP contribution in [-0.4, -0.2) is 31.7 Å². The van der Waals surface area contributed by atoms with Crippen molar-refractivity contribution in [3.8, 4) is 11.3 Å². The van der Waals surface area contributed by atoms with Gasteiger partial charge < -0.3 is 5.73 Å². The lowest BCUT2D eigenvalue weighted by Gasteiger charge is -2.05. The third kappa shape index (κ3) is 3.00. The molecule has 5 rings (SSSR count). The highest BCUT2D eigenvalue weighted by Gasteiger charge is 2.42. The fraction of sp³-hybridized carbons (Fsp3) is 0.105. The van der Waals surface area contributed by atoms with Crippen LogP contribution in [0.4, 0.5) is 13.2 Å². The first kappa shape index (κ1) is 18.0. The van der Waals surface area contributed by atoms with E-state index >= 15 is 0 Å². The van der Waals surface area contributed by atoms with E-state index in [1.54, 1.807) is 6.07 Å². The van der Waals surface area contributed by atoms with Gasteiger partial charge in [-0.15, -0.1) is 4.68 Å². The summed E-state index contributed by atoms with van der Waals surface area (Å²) in [4.78, 5) is 4.04. The van der Waals surface area contributed by atoms with Crippen molar-refractivity contribution in [3.05, 3.63) is 66.4 Å². The zero-order valence-electron chi connectivity index (χ0n) is 15.3. The molecule has 2 aromatic carbocycles. The lowest BCUT2D eigenvalue weighted by Crippen LogP contribution is -2.54. The first-order valence-corrected chi connectivity index (χ1v) is 8.91. The summed E-state index contributed by atoms with van der Waals surface area (Å²) in [6.07, 6.45) is -3.31. The minimum absolute atomic E-state index is 0.118. The standard InChI is InChI=1S/C19H13F3N8/c20-19(21,22)15-8-14(13-6-5-11-3-1-2-4-12(11)7-13)28-29(15)18-27-26-16(23)9-17-24-10-25-30(17)18/h1-8,10H,9H2,(H2,23,26)/p+1. The molecule has 0 bridgehead atoms. The van der Waals surface area contributed by atoms with Crippen LogP contribution in [0.25, 0.3) is 22.0 Å². The van der Waals surface area contributed by atoms with Gasteiger partial charge in [0.2, 0.25) is 11.5 Å². The fourth-order valence-electron chi connectivity index (χ4n) is 3.33. The molecule has 3 heterocycles. The first-order valence-electron chi connectivity index (χ1n) is 8.91. The van der Waals surface area contributed by atoms with E-state index in [1.165, 1.54) is 11.0 Å². The number of aromatic nitrogens is 5. The van der Waals surface area contributed by atoms with Gasteiger partial charge in [-0.1, -0.05) is 51.3 Å². The Kier molecular flexibility index (Phi) is 3.91. The maximum absolute atomic E-state index is 13.9. The molecule has 0 saturated carbocycles. The molecule has 0 unspecified atom stereocenters. The smallest absolute Gasteiger partial charge is 0.384 e. The number of nitrogens with one attached hydrogen (secondary N) is 1. The molecular formula is C19H14F3N8+. The van der Waals surface area contributed by atoms with Crippen LogP contribution in [0.1, 0.15) is 11.5 Å². The highest BCUT2D eigenvalue weighted by molar-refractivity contribution is 5.87. The largest absolute Gasteiger partial charge is 0.469 e. The normalized spacial score (nSPS) is 14.2. The monoisotopic (exact) mass is 411 g/mol. The Hall–Kier alpha value is -4.02. The van der Waals surface area contributed by atoms with E-state index in [0.29, 0.717) is 11.4 Å². The third-order valence-corrected chi connectivity index (χ3v) is 4.72. The van der Waals surface area contributed by atoms with Gasteiger partial charge in [0.25, 0.3) is 0 Å². The van der Waals surface area contributed by atoms with Gasteiger partial charge in [-0.2, -0.15) is 13.2 Å². The predicted octanol–water partition coefficient (Wildman–Crippen LogP) is 2.31. The third-order valence-electron chi connectivity index (χ3n) is 4.72. The number of fused-ring (bicyclic) bond motifs is 2. The van der Waals surface area contributed by atoms with E-state index in [-0.39, 0.29) is 23.9 Å². The Morgan fingerprint density at radius 2 is 1.83 bits per heavy atom. The van der Waals surface area contributed by atoms with Crippen LogP contribution < -0.4 is 10.4 Å². The number of hydrogen-bond donors (Lipinski definition) is 2. The molecule has 3 N–H and O–H groups in total. The van der Waals surface area contributed by atoms with Gasteiger partial charge in [-0.05, 0) is 16.8 Å². The van der Waals surface area contributed by atoms with Crippen molar-refractivity contribution in [2.75, 3.05) is 0 Å². The van der Waals surface area contributed by atoms with Gasteiger partial charge in [-0.25, -0.2) is 10.1 Å².